The minimum Gasteiger partial charge on any atom is -0.466 e. The van der Waals surface area contributed by atoms with Gasteiger partial charge in [-0.25, -0.2) is 0 Å². The van der Waals surface area contributed by atoms with Crippen molar-refractivity contribution in [3.63, 3.8) is 0 Å². The van der Waals surface area contributed by atoms with Crippen LogP contribution in [0.2, 0.25) is 0 Å². The molecule has 0 saturated carbocycles. The van der Waals surface area contributed by atoms with E-state index in [1.54, 1.807) is 0 Å². The highest BCUT2D eigenvalue weighted by molar-refractivity contribution is 5.76. The Labute approximate surface area is 496 Å². The van der Waals surface area contributed by atoms with Crippen LogP contribution < -0.4 is 5.32 Å². The lowest BCUT2D eigenvalue weighted by Gasteiger charge is -2.22. The SMILES string of the molecule is CCCCCCCCCCCCCCCCCCCCCCCCCCC(O)C(CO)NC(=O)CCCCCCCCCCCCCCCCCCCCCCCCCCCOC(=O)CCCCCCCCCCCCCCC. The van der Waals surface area contributed by atoms with Gasteiger partial charge in [0.05, 0.1) is 25.4 Å². The van der Waals surface area contributed by atoms with E-state index in [1.165, 1.54) is 360 Å². The molecule has 0 heterocycles. The molecule has 0 bridgehead atoms. The number of carbonyl (C=O) groups is 2. The summed E-state index contributed by atoms with van der Waals surface area (Å²) in [6.07, 6.45) is 84.5. The highest BCUT2D eigenvalue weighted by Crippen LogP contribution is 2.20. The second-order valence-electron chi connectivity index (χ2n) is 25.6. The average Bonchev–Trinajstić information content (AvgIpc) is 3.45. The van der Waals surface area contributed by atoms with Gasteiger partial charge in [0.1, 0.15) is 0 Å². The highest BCUT2D eigenvalue weighted by atomic mass is 16.5. The Bertz CT molecular complexity index is 1150. The quantitative estimate of drug-likeness (QED) is 0.0417. The van der Waals surface area contributed by atoms with Crippen molar-refractivity contribution in [2.45, 2.75) is 443 Å². The zero-order valence-electron chi connectivity index (χ0n) is 54.2. The van der Waals surface area contributed by atoms with Gasteiger partial charge in [0.2, 0.25) is 5.91 Å². The first kappa shape index (κ1) is 77.9. The largest absolute Gasteiger partial charge is 0.466 e. The van der Waals surface area contributed by atoms with Crippen molar-refractivity contribution < 1.29 is 24.5 Å². The van der Waals surface area contributed by atoms with Gasteiger partial charge < -0.3 is 20.3 Å². The summed E-state index contributed by atoms with van der Waals surface area (Å²) in [7, 11) is 0. The van der Waals surface area contributed by atoms with Crippen LogP contribution >= 0.6 is 0 Å². The zero-order valence-corrected chi connectivity index (χ0v) is 54.2. The first-order valence-electron chi connectivity index (χ1n) is 36.8. The van der Waals surface area contributed by atoms with Crippen molar-refractivity contribution in [2.75, 3.05) is 13.2 Å². The standard InChI is InChI=1S/C73H145NO5/c1-3-5-7-9-11-13-15-17-18-19-20-21-22-26-29-32-35-38-42-45-49-53-57-61-65-71(76)70(69-75)74-72(77)66-62-58-54-50-46-43-39-36-33-30-27-24-23-25-28-31-34-37-40-44-48-52-56-60-64-68-79-73(78)67-63-59-55-51-47-41-16-14-12-10-8-6-4-2/h70-71,75-76H,3-69H2,1-2H3,(H,74,77). The molecule has 0 aromatic carbocycles. The molecule has 0 rings (SSSR count). The van der Waals surface area contributed by atoms with Gasteiger partial charge in [-0.2, -0.15) is 0 Å². The molecule has 0 radical (unpaired) electrons. The predicted molar refractivity (Wildman–Crippen MR) is 347 cm³/mol. The third kappa shape index (κ3) is 65.9. The average molecular weight is 1120 g/mol. The Morgan fingerprint density at radius 1 is 0.304 bits per heavy atom. The molecule has 3 N–H and O–H groups in total. The maximum atomic E-state index is 12.6. The maximum absolute atomic E-state index is 12.6. The van der Waals surface area contributed by atoms with Gasteiger partial charge >= 0.3 is 5.97 Å². The number of unbranched alkanes of at least 4 members (excludes halogenated alkanes) is 59. The van der Waals surface area contributed by atoms with Crippen LogP contribution in [-0.2, 0) is 14.3 Å². The van der Waals surface area contributed by atoms with E-state index in [0.717, 1.165) is 38.5 Å². The summed E-state index contributed by atoms with van der Waals surface area (Å²) in [6.45, 7) is 5.01. The summed E-state index contributed by atoms with van der Waals surface area (Å²) in [5, 5.41) is 23.5. The molecule has 0 aliphatic carbocycles. The molecule has 0 aliphatic heterocycles. The summed E-state index contributed by atoms with van der Waals surface area (Å²) in [5.74, 6) is -0.00753. The summed E-state index contributed by atoms with van der Waals surface area (Å²) in [6, 6.07) is -0.540. The molecule has 0 aromatic rings. The lowest BCUT2D eigenvalue weighted by Crippen LogP contribution is -2.45. The number of esters is 1. The van der Waals surface area contributed by atoms with Crippen LogP contribution in [0.15, 0.2) is 0 Å². The van der Waals surface area contributed by atoms with Crippen molar-refractivity contribution in [1.82, 2.24) is 5.32 Å². The fraction of sp³-hybridized carbons (Fsp3) is 0.973. The van der Waals surface area contributed by atoms with E-state index in [-0.39, 0.29) is 18.5 Å². The lowest BCUT2D eigenvalue weighted by atomic mass is 10.0. The third-order valence-corrected chi connectivity index (χ3v) is 17.7. The third-order valence-electron chi connectivity index (χ3n) is 17.7. The molecular formula is C73H145NO5. The molecule has 6 heteroatoms. The number of rotatable bonds is 70. The molecular weight excluding hydrogens is 971 g/mol. The van der Waals surface area contributed by atoms with E-state index in [2.05, 4.69) is 19.2 Å². The van der Waals surface area contributed by atoms with Crippen molar-refractivity contribution >= 4 is 11.9 Å². The fourth-order valence-corrected chi connectivity index (χ4v) is 12.1. The monoisotopic (exact) mass is 1120 g/mol. The van der Waals surface area contributed by atoms with Crippen LogP contribution in [0, 0.1) is 0 Å². The van der Waals surface area contributed by atoms with Crippen molar-refractivity contribution in [3.05, 3.63) is 0 Å². The minimum absolute atomic E-state index is 0.0195. The lowest BCUT2D eigenvalue weighted by molar-refractivity contribution is -0.143. The Morgan fingerprint density at radius 3 is 0.772 bits per heavy atom. The van der Waals surface area contributed by atoms with Gasteiger partial charge in [0, 0.05) is 12.8 Å². The van der Waals surface area contributed by atoms with E-state index in [1.807, 2.05) is 0 Å². The van der Waals surface area contributed by atoms with Crippen LogP contribution in [0.4, 0.5) is 0 Å². The molecule has 0 spiro atoms. The van der Waals surface area contributed by atoms with Gasteiger partial charge in [-0.05, 0) is 25.7 Å². The van der Waals surface area contributed by atoms with Gasteiger partial charge in [-0.15, -0.1) is 0 Å². The van der Waals surface area contributed by atoms with Crippen LogP contribution in [-0.4, -0.2) is 47.4 Å². The molecule has 0 fully saturated rings. The fourth-order valence-electron chi connectivity index (χ4n) is 12.1. The second-order valence-corrected chi connectivity index (χ2v) is 25.6. The summed E-state index contributed by atoms with van der Waals surface area (Å²) >= 11 is 0. The number of hydrogen-bond donors (Lipinski definition) is 3. The first-order valence-corrected chi connectivity index (χ1v) is 36.8. The van der Waals surface area contributed by atoms with E-state index < -0.39 is 12.1 Å². The maximum Gasteiger partial charge on any atom is 0.305 e. The number of nitrogens with one attached hydrogen (secondary N) is 1. The molecule has 1 amide bonds. The topological polar surface area (TPSA) is 95.9 Å². The molecule has 0 aliphatic rings. The Kier molecular flexibility index (Phi) is 68.4. The van der Waals surface area contributed by atoms with Crippen molar-refractivity contribution in [1.29, 1.82) is 0 Å². The van der Waals surface area contributed by atoms with E-state index in [4.69, 9.17) is 4.74 Å². The predicted octanol–water partition coefficient (Wildman–Crippen LogP) is 23.8. The first-order chi connectivity index (χ1) is 39.0. The van der Waals surface area contributed by atoms with Crippen molar-refractivity contribution in [2.24, 2.45) is 0 Å². The molecule has 0 saturated heterocycles. The van der Waals surface area contributed by atoms with Crippen LogP contribution in [0.3, 0.4) is 0 Å². The number of aliphatic hydroxyl groups excluding tert-OH is 2. The highest BCUT2D eigenvalue weighted by Gasteiger charge is 2.20. The summed E-state index contributed by atoms with van der Waals surface area (Å²) < 4.78 is 5.49. The number of ether oxygens (including phenoxy) is 1. The molecule has 2 atom stereocenters. The van der Waals surface area contributed by atoms with Gasteiger partial charge in [0.25, 0.3) is 0 Å². The zero-order chi connectivity index (χ0) is 57.1. The van der Waals surface area contributed by atoms with Gasteiger partial charge in [-0.3, -0.25) is 9.59 Å². The number of carbonyl (C=O) groups excluding carboxylic acids is 2. The normalized spacial score (nSPS) is 12.4. The summed E-state index contributed by atoms with van der Waals surface area (Å²) in [5.41, 5.74) is 0. The Balaban J connectivity index is 3.35. The second kappa shape index (κ2) is 69.4. The molecule has 6 nitrogen and oxygen atoms in total. The van der Waals surface area contributed by atoms with E-state index in [0.29, 0.717) is 25.9 Å². The van der Waals surface area contributed by atoms with E-state index >= 15 is 0 Å². The Morgan fingerprint density at radius 2 is 0.519 bits per heavy atom. The molecule has 2 unspecified atom stereocenters. The minimum atomic E-state index is -0.663. The summed E-state index contributed by atoms with van der Waals surface area (Å²) in [4.78, 5) is 24.6. The smallest absolute Gasteiger partial charge is 0.305 e. The number of aliphatic hydroxyl groups is 2. The van der Waals surface area contributed by atoms with Gasteiger partial charge in [-0.1, -0.05) is 393 Å². The number of hydrogen-bond acceptors (Lipinski definition) is 5. The van der Waals surface area contributed by atoms with Crippen LogP contribution in [0.25, 0.3) is 0 Å². The molecule has 472 valence electrons. The van der Waals surface area contributed by atoms with Crippen LogP contribution in [0.1, 0.15) is 431 Å². The molecule has 0 aromatic heterocycles. The van der Waals surface area contributed by atoms with E-state index in [9.17, 15) is 19.8 Å². The van der Waals surface area contributed by atoms with Gasteiger partial charge in [0.15, 0.2) is 0 Å². The Hall–Kier alpha value is -1.14. The molecule has 79 heavy (non-hydrogen) atoms. The van der Waals surface area contributed by atoms with Crippen molar-refractivity contribution in [3.8, 4) is 0 Å². The number of amides is 1. The van der Waals surface area contributed by atoms with Crippen LogP contribution in [0.5, 0.6) is 0 Å².